The summed E-state index contributed by atoms with van der Waals surface area (Å²) in [6.45, 7) is 6.29. The first-order valence-electron chi connectivity index (χ1n) is 8.92. The summed E-state index contributed by atoms with van der Waals surface area (Å²) in [6, 6.07) is 7.82. The molecule has 146 valence electrons. The zero-order valence-electron chi connectivity index (χ0n) is 15.8. The van der Waals surface area contributed by atoms with E-state index < -0.39 is 9.84 Å². The van der Waals surface area contributed by atoms with Gasteiger partial charge in [-0.25, -0.2) is 8.42 Å². The Labute approximate surface area is 164 Å². The highest BCUT2D eigenvalue weighted by Gasteiger charge is 2.33. The summed E-state index contributed by atoms with van der Waals surface area (Å²) < 4.78 is 25.4. The van der Waals surface area contributed by atoms with Gasteiger partial charge in [0.15, 0.2) is 15.0 Å². The summed E-state index contributed by atoms with van der Waals surface area (Å²) in [5, 5.41) is 9.00. The van der Waals surface area contributed by atoms with Gasteiger partial charge in [-0.1, -0.05) is 29.5 Å². The van der Waals surface area contributed by atoms with E-state index in [1.54, 1.807) is 4.90 Å². The number of hydrogen-bond acceptors (Lipinski definition) is 6. The highest BCUT2D eigenvalue weighted by atomic mass is 32.2. The van der Waals surface area contributed by atoms with Crippen molar-refractivity contribution in [1.29, 1.82) is 0 Å². The Balaban J connectivity index is 1.71. The standard InChI is InChI=1S/C18H24N4O3S2/c1-4-21(16-9-10-27(24,25)12-16)17(23)11-26-18-20-19-14(3)22(18)15-7-5-13(2)6-8-15/h5-8,16H,4,9-12H2,1-3H3/t16-/m0/s1. The number of aromatic nitrogens is 3. The van der Waals surface area contributed by atoms with Crippen LogP contribution in [0.2, 0.25) is 0 Å². The molecule has 27 heavy (non-hydrogen) atoms. The normalized spacial score (nSPS) is 18.6. The fourth-order valence-electron chi connectivity index (χ4n) is 3.30. The van der Waals surface area contributed by atoms with Gasteiger partial charge in [-0.3, -0.25) is 9.36 Å². The van der Waals surface area contributed by atoms with Crippen LogP contribution in [0.4, 0.5) is 0 Å². The number of sulfone groups is 1. The first-order valence-corrected chi connectivity index (χ1v) is 11.7. The zero-order valence-corrected chi connectivity index (χ0v) is 17.4. The molecule has 0 aliphatic carbocycles. The van der Waals surface area contributed by atoms with Crippen LogP contribution in [0, 0.1) is 13.8 Å². The molecule has 1 aromatic carbocycles. The van der Waals surface area contributed by atoms with E-state index in [9.17, 15) is 13.2 Å². The van der Waals surface area contributed by atoms with E-state index in [4.69, 9.17) is 0 Å². The van der Waals surface area contributed by atoms with Crippen LogP contribution >= 0.6 is 11.8 Å². The van der Waals surface area contributed by atoms with Crippen molar-refractivity contribution >= 4 is 27.5 Å². The topological polar surface area (TPSA) is 85.2 Å². The number of carbonyl (C=O) groups is 1. The minimum absolute atomic E-state index is 0.0654. The van der Waals surface area contributed by atoms with Gasteiger partial charge in [0.2, 0.25) is 5.91 Å². The van der Waals surface area contributed by atoms with Crippen LogP contribution in [0.15, 0.2) is 29.4 Å². The second-order valence-corrected chi connectivity index (χ2v) is 9.90. The number of thioether (sulfide) groups is 1. The molecule has 0 N–H and O–H groups in total. The number of carbonyl (C=O) groups excluding carboxylic acids is 1. The molecule has 2 aromatic rings. The summed E-state index contributed by atoms with van der Waals surface area (Å²) in [6.07, 6.45) is 0.519. The molecule has 0 saturated carbocycles. The third kappa shape index (κ3) is 4.52. The van der Waals surface area contributed by atoms with Crippen LogP contribution in [0.1, 0.15) is 24.7 Å². The number of aryl methyl sites for hydroxylation is 2. The maximum atomic E-state index is 12.7. The summed E-state index contributed by atoms with van der Waals surface area (Å²) in [5.74, 6) is 1.11. The van der Waals surface area contributed by atoms with Crippen molar-refractivity contribution in [2.24, 2.45) is 0 Å². The van der Waals surface area contributed by atoms with Crippen LogP contribution in [-0.2, 0) is 14.6 Å². The average molecular weight is 409 g/mol. The summed E-state index contributed by atoms with van der Waals surface area (Å²) >= 11 is 1.33. The third-order valence-corrected chi connectivity index (χ3v) is 7.39. The highest BCUT2D eigenvalue weighted by molar-refractivity contribution is 7.99. The third-order valence-electron chi connectivity index (χ3n) is 4.72. The molecule has 1 aromatic heterocycles. The average Bonchev–Trinajstić information content (AvgIpc) is 3.17. The minimum atomic E-state index is -3.02. The lowest BCUT2D eigenvalue weighted by atomic mass is 10.2. The van der Waals surface area contributed by atoms with Gasteiger partial charge < -0.3 is 4.90 Å². The molecule has 2 heterocycles. The van der Waals surface area contributed by atoms with Crippen molar-refractivity contribution < 1.29 is 13.2 Å². The van der Waals surface area contributed by atoms with E-state index in [-0.39, 0.29) is 29.2 Å². The Hall–Kier alpha value is -1.87. The molecule has 1 fully saturated rings. The molecule has 0 radical (unpaired) electrons. The van der Waals surface area contributed by atoms with Crippen molar-refractivity contribution in [3.63, 3.8) is 0 Å². The van der Waals surface area contributed by atoms with Gasteiger partial charge in [-0.05, 0) is 39.3 Å². The fraction of sp³-hybridized carbons (Fsp3) is 0.500. The van der Waals surface area contributed by atoms with Gasteiger partial charge >= 0.3 is 0 Å². The predicted octanol–water partition coefficient (Wildman–Crippen LogP) is 2.01. The Morgan fingerprint density at radius 1 is 1.26 bits per heavy atom. The van der Waals surface area contributed by atoms with Crippen LogP contribution in [0.3, 0.4) is 0 Å². The monoisotopic (exact) mass is 408 g/mol. The Morgan fingerprint density at radius 2 is 1.96 bits per heavy atom. The van der Waals surface area contributed by atoms with E-state index >= 15 is 0 Å². The van der Waals surface area contributed by atoms with Crippen molar-refractivity contribution in [1.82, 2.24) is 19.7 Å². The maximum Gasteiger partial charge on any atom is 0.233 e. The van der Waals surface area contributed by atoms with Gasteiger partial charge in [-0.15, -0.1) is 10.2 Å². The molecule has 3 rings (SSSR count). The van der Waals surface area contributed by atoms with Gasteiger partial charge in [0.25, 0.3) is 0 Å². The van der Waals surface area contributed by atoms with Crippen molar-refractivity contribution in [2.45, 2.75) is 38.4 Å². The van der Waals surface area contributed by atoms with Gasteiger partial charge in [-0.2, -0.15) is 0 Å². The van der Waals surface area contributed by atoms with Crippen molar-refractivity contribution in [3.8, 4) is 5.69 Å². The van der Waals surface area contributed by atoms with Gasteiger partial charge in [0, 0.05) is 18.3 Å². The first-order chi connectivity index (χ1) is 12.8. The van der Waals surface area contributed by atoms with E-state index in [0.717, 1.165) is 11.5 Å². The second kappa shape index (κ2) is 8.02. The van der Waals surface area contributed by atoms with Crippen LogP contribution in [0.25, 0.3) is 5.69 Å². The van der Waals surface area contributed by atoms with Crippen molar-refractivity contribution in [2.75, 3.05) is 23.8 Å². The molecule has 9 heteroatoms. The first kappa shape index (κ1) is 19.9. The lowest BCUT2D eigenvalue weighted by Gasteiger charge is -2.26. The summed E-state index contributed by atoms with van der Waals surface area (Å²) in [4.78, 5) is 14.4. The van der Waals surface area contributed by atoms with Crippen LogP contribution < -0.4 is 0 Å². The van der Waals surface area contributed by atoms with E-state index in [1.807, 2.05) is 49.6 Å². The molecule has 1 amide bonds. The molecule has 7 nitrogen and oxygen atoms in total. The number of rotatable bonds is 6. The number of benzene rings is 1. The SMILES string of the molecule is CCN(C(=O)CSc1nnc(C)n1-c1ccc(C)cc1)[C@H]1CCS(=O)(=O)C1. The van der Waals surface area contributed by atoms with Crippen molar-refractivity contribution in [3.05, 3.63) is 35.7 Å². The summed E-state index contributed by atoms with van der Waals surface area (Å²) in [7, 11) is -3.02. The van der Waals surface area contributed by atoms with E-state index in [1.165, 1.54) is 17.3 Å². The Morgan fingerprint density at radius 3 is 2.56 bits per heavy atom. The molecular weight excluding hydrogens is 384 g/mol. The smallest absolute Gasteiger partial charge is 0.233 e. The molecule has 0 unspecified atom stereocenters. The van der Waals surface area contributed by atoms with Crippen LogP contribution in [-0.4, -0.2) is 63.8 Å². The minimum Gasteiger partial charge on any atom is -0.338 e. The second-order valence-electron chi connectivity index (χ2n) is 6.73. The predicted molar refractivity (Wildman–Crippen MR) is 106 cm³/mol. The summed E-state index contributed by atoms with van der Waals surface area (Å²) in [5.41, 5.74) is 2.12. The van der Waals surface area contributed by atoms with E-state index in [2.05, 4.69) is 10.2 Å². The molecule has 0 spiro atoms. The molecular formula is C18H24N4O3S2. The number of amides is 1. The zero-order chi connectivity index (χ0) is 19.6. The molecule has 1 saturated heterocycles. The lowest BCUT2D eigenvalue weighted by molar-refractivity contribution is -0.129. The molecule has 1 atom stereocenters. The molecule has 0 bridgehead atoms. The van der Waals surface area contributed by atoms with Crippen LogP contribution in [0.5, 0.6) is 0 Å². The quantitative estimate of drug-likeness (QED) is 0.680. The fourth-order valence-corrected chi connectivity index (χ4v) is 5.91. The Kier molecular flexibility index (Phi) is 5.90. The number of hydrogen-bond donors (Lipinski definition) is 0. The lowest BCUT2D eigenvalue weighted by Crippen LogP contribution is -2.42. The number of nitrogens with zero attached hydrogens (tertiary/aromatic N) is 4. The molecule has 1 aliphatic heterocycles. The van der Waals surface area contributed by atoms with Gasteiger partial charge in [0.05, 0.1) is 17.3 Å². The van der Waals surface area contributed by atoms with E-state index in [0.29, 0.717) is 18.1 Å². The largest absolute Gasteiger partial charge is 0.338 e. The molecule has 1 aliphatic rings. The van der Waals surface area contributed by atoms with Gasteiger partial charge in [0.1, 0.15) is 5.82 Å². The maximum absolute atomic E-state index is 12.7. The highest BCUT2D eigenvalue weighted by Crippen LogP contribution is 2.24. The Bertz CT molecular complexity index is 923.